The molecule has 0 fully saturated rings. The topological polar surface area (TPSA) is 59.5 Å². The number of benzene rings is 1. The zero-order chi connectivity index (χ0) is 26.2. The van der Waals surface area contributed by atoms with Gasteiger partial charge in [-0.3, -0.25) is 4.79 Å². The number of para-hydroxylation sites is 1. The molecule has 6 heteroatoms. The fourth-order valence-corrected chi connectivity index (χ4v) is 6.68. The number of rotatable bonds is 7. The maximum atomic E-state index is 13.5. The summed E-state index contributed by atoms with van der Waals surface area (Å²) in [6, 6.07) is 12.1. The van der Waals surface area contributed by atoms with Gasteiger partial charge in [-0.05, 0) is 61.3 Å². The number of thiophene rings is 1. The number of allylic oxidation sites excluding steroid dienone is 1. The minimum atomic E-state index is -0.0823. The number of nitrogens with zero attached hydrogens (tertiary/aromatic N) is 2. The van der Waals surface area contributed by atoms with Crippen molar-refractivity contribution in [3.63, 3.8) is 0 Å². The van der Waals surface area contributed by atoms with Crippen LogP contribution < -0.4 is 5.32 Å². The van der Waals surface area contributed by atoms with Crippen LogP contribution in [0.4, 0.5) is 5.00 Å². The lowest BCUT2D eigenvalue weighted by Crippen LogP contribution is -2.28. The molecule has 37 heavy (non-hydrogen) atoms. The largest absolute Gasteiger partial charge is 0.467 e. The highest BCUT2D eigenvalue weighted by atomic mass is 32.1. The van der Waals surface area contributed by atoms with E-state index in [2.05, 4.69) is 68.4 Å². The van der Waals surface area contributed by atoms with Crippen molar-refractivity contribution >= 4 is 39.4 Å². The molecule has 4 aromatic rings. The van der Waals surface area contributed by atoms with Crippen LogP contribution in [-0.2, 0) is 25.9 Å². The van der Waals surface area contributed by atoms with Gasteiger partial charge in [-0.25, -0.2) is 4.99 Å². The van der Waals surface area contributed by atoms with Gasteiger partial charge in [0, 0.05) is 39.8 Å². The number of hydrogen-bond acceptors (Lipinski definition) is 4. The van der Waals surface area contributed by atoms with Crippen LogP contribution in [-0.4, -0.2) is 16.7 Å². The first-order chi connectivity index (χ1) is 17.8. The number of nitrogens with one attached hydrogen (secondary N) is 1. The fourth-order valence-electron chi connectivity index (χ4n) is 5.41. The molecule has 0 spiro atoms. The summed E-state index contributed by atoms with van der Waals surface area (Å²) in [7, 11) is 0. The van der Waals surface area contributed by atoms with Gasteiger partial charge >= 0.3 is 0 Å². The highest BCUT2D eigenvalue weighted by molar-refractivity contribution is 7.16. The molecular weight excluding hydrogens is 478 g/mol. The minimum Gasteiger partial charge on any atom is -0.467 e. The molecule has 0 radical (unpaired) electrons. The molecule has 192 valence electrons. The predicted molar refractivity (Wildman–Crippen MR) is 153 cm³/mol. The van der Waals surface area contributed by atoms with E-state index in [0.29, 0.717) is 12.5 Å². The molecule has 1 atom stereocenters. The first-order valence-electron chi connectivity index (χ1n) is 13.0. The molecule has 5 nitrogen and oxygen atoms in total. The van der Waals surface area contributed by atoms with Crippen molar-refractivity contribution in [2.75, 3.05) is 0 Å². The Bertz CT molecular complexity index is 1460. The zero-order valence-corrected chi connectivity index (χ0v) is 23.0. The van der Waals surface area contributed by atoms with Crippen molar-refractivity contribution in [3.05, 3.63) is 88.3 Å². The summed E-state index contributed by atoms with van der Waals surface area (Å²) in [5, 5.41) is 5.01. The molecule has 0 saturated heterocycles. The van der Waals surface area contributed by atoms with Gasteiger partial charge in [-0.15, -0.1) is 17.9 Å². The summed E-state index contributed by atoms with van der Waals surface area (Å²) in [5.74, 6) is 1.25. The van der Waals surface area contributed by atoms with Gasteiger partial charge in [-0.1, -0.05) is 45.0 Å². The van der Waals surface area contributed by atoms with Crippen molar-refractivity contribution in [1.29, 1.82) is 0 Å². The van der Waals surface area contributed by atoms with E-state index in [0.717, 1.165) is 64.3 Å². The quantitative estimate of drug-likeness (QED) is 0.204. The number of carbonyl (C=O) groups excluding carboxylic acids is 1. The second-order valence-electron chi connectivity index (χ2n) is 10.9. The Morgan fingerprint density at radius 2 is 2.08 bits per heavy atom. The van der Waals surface area contributed by atoms with Crippen LogP contribution in [0.15, 0.2) is 64.7 Å². The number of amides is 1. The van der Waals surface area contributed by atoms with Crippen molar-refractivity contribution < 1.29 is 9.21 Å². The molecule has 0 aliphatic heterocycles. The third-order valence-electron chi connectivity index (χ3n) is 7.60. The third kappa shape index (κ3) is 4.95. The molecule has 1 aliphatic carbocycles. The third-order valence-corrected chi connectivity index (χ3v) is 8.77. The number of fused-ring (bicyclic) bond motifs is 2. The van der Waals surface area contributed by atoms with Gasteiger partial charge in [0.2, 0.25) is 0 Å². The van der Waals surface area contributed by atoms with Gasteiger partial charge in [0.15, 0.2) is 0 Å². The second kappa shape index (κ2) is 10.2. The van der Waals surface area contributed by atoms with Gasteiger partial charge in [0.1, 0.15) is 10.8 Å². The van der Waals surface area contributed by atoms with E-state index in [9.17, 15) is 4.79 Å². The smallest absolute Gasteiger partial charge is 0.255 e. The van der Waals surface area contributed by atoms with Crippen LogP contribution in [0, 0.1) is 18.3 Å². The van der Waals surface area contributed by atoms with Crippen molar-refractivity contribution in [1.82, 2.24) is 9.88 Å². The van der Waals surface area contributed by atoms with Crippen molar-refractivity contribution in [2.45, 2.75) is 60.0 Å². The second-order valence-corrected chi connectivity index (χ2v) is 12.0. The van der Waals surface area contributed by atoms with E-state index in [1.54, 1.807) is 17.6 Å². The highest BCUT2D eigenvalue weighted by Crippen LogP contribution is 2.45. The summed E-state index contributed by atoms with van der Waals surface area (Å²) in [6.07, 6.45) is 8.48. The Morgan fingerprint density at radius 1 is 1.27 bits per heavy atom. The Labute approximate surface area is 222 Å². The lowest BCUT2D eigenvalue weighted by Gasteiger charge is -2.33. The lowest BCUT2D eigenvalue weighted by atomic mass is 9.72. The highest BCUT2D eigenvalue weighted by Gasteiger charge is 2.33. The van der Waals surface area contributed by atoms with Gasteiger partial charge in [0.05, 0.1) is 18.4 Å². The van der Waals surface area contributed by atoms with E-state index < -0.39 is 0 Å². The number of furan rings is 1. The Hall–Kier alpha value is -3.38. The first kappa shape index (κ1) is 25.3. The van der Waals surface area contributed by atoms with Gasteiger partial charge in [0.25, 0.3) is 5.91 Å². The van der Waals surface area contributed by atoms with E-state index >= 15 is 0 Å². The van der Waals surface area contributed by atoms with E-state index in [1.807, 2.05) is 24.4 Å². The number of aliphatic imine (C=N–C) groups is 1. The Balaban J connectivity index is 1.54. The van der Waals surface area contributed by atoms with Crippen molar-refractivity contribution in [3.8, 4) is 0 Å². The standard InChI is InChI=1S/C31H35N3O2S/c1-6-15-34-20(2)25(23-11-7-8-12-26(23)34)19-33-30-28(29(35)32-18-22-10-9-16-36-22)24-14-13-21(31(3,4)5)17-27(24)37-30/h6-12,16,19,21H,1,13-15,17-18H2,2-5H3,(H,32,35)/t21-/m0/s1. The minimum absolute atomic E-state index is 0.0823. The fraction of sp³-hybridized carbons (Fsp3) is 0.355. The average Bonchev–Trinajstić information content (AvgIpc) is 3.58. The molecule has 1 amide bonds. The molecule has 3 aromatic heterocycles. The summed E-state index contributed by atoms with van der Waals surface area (Å²) in [6.45, 7) is 14.1. The SMILES string of the molecule is C=CCn1c(C)c(C=Nc2sc3c(c2C(=O)NCc2ccco2)CC[C@H](C(C)(C)C)C3)c2ccccc21. The molecular formula is C31H35N3O2S. The molecule has 1 aliphatic rings. The lowest BCUT2D eigenvalue weighted by molar-refractivity contribution is 0.0947. The molecule has 3 heterocycles. The molecule has 5 rings (SSSR count). The summed E-state index contributed by atoms with van der Waals surface area (Å²) < 4.78 is 7.68. The zero-order valence-electron chi connectivity index (χ0n) is 22.1. The van der Waals surface area contributed by atoms with E-state index in [4.69, 9.17) is 9.41 Å². The van der Waals surface area contributed by atoms with Crippen LogP contribution >= 0.6 is 11.3 Å². The molecule has 0 bridgehead atoms. The maximum absolute atomic E-state index is 13.5. The average molecular weight is 514 g/mol. The van der Waals surface area contributed by atoms with Crippen LogP contribution in [0.3, 0.4) is 0 Å². The first-order valence-corrected chi connectivity index (χ1v) is 13.8. The molecule has 1 N–H and O–H groups in total. The molecule has 0 unspecified atom stereocenters. The number of carbonyl (C=O) groups is 1. The predicted octanol–water partition coefficient (Wildman–Crippen LogP) is 7.62. The number of aromatic nitrogens is 1. The Morgan fingerprint density at radius 3 is 2.81 bits per heavy atom. The van der Waals surface area contributed by atoms with E-state index in [1.165, 1.54) is 10.4 Å². The van der Waals surface area contributed by atoms with Crippen LogP contribution in [0.5, 0.6) is 0 Å². The van der Waals surface area contributed by atoms with Crippen LogP contribution in [0.25, 0.3) is 10.9 Å². The summed E-state index contributed by atoms with van der Waals surface area (Å²) >= 11 is 1.68. The maximum Gasteiger partial charge on any atom is 0.255 e. The van der Waals surface area contributed by atoms with E-state index in [-0.39, 0.29) is 11.3 Å². The molecule has 1 aromatic carbocycles. The summed E-state index contributed by atoms with van der Waals surface area (Å²) in [5.41, 5.74) is 5.51. The van der Waals surface area contributed by atoms with Crippen molar-refractivity contribution in [2.24, 2.45) is 16.3 Å². The van der Waals surface area contributed by atoms with Crippen LogP contribution in [0.2, 0.25) is 0 Å². The normalized spacial score (nSPS) is 15.8. The Kier molecular flexibility index (Phi) is 6.95. The number of hydrogen-bond donors (Lipinski definition) is 1. The van der Waals surface area contributed by atoms with Gasteiger partial charge in [-0.2, -0.15) is 0 Å². The molecule has 0 saturated carbocycles. The summed E-state index contributed by atoms with van der Waals surface area (Å²) in [4.78, 5) is 19.8. The van der Waals surface area contributed by atoms with Crippen LogP contribution in [0.1, 0.15) is 65.0 Å². The monoisotopic (exact) mass is 513 g/mol. The van der Waals surface area contributed by atoms with Gasteiger partial charge < -0.3 is 14.3 Å².